The first-order valence-corrected chi connectivity index (χ1v) is 7.45. The summed E-state index contributed by atoms with van der Waals surface area (Å²) in [4.78, 5) is 2.16. The van der Waals surface area contributed by atoms with Crippen LogP contribution < -0.4 is 0 Å². The van der Waals surface area contributed by atoms with E-state index in [0.29, 0.717) is 36.7 Å². The van der Waals surface area contributed by atoms with Crippen LogP contribution in [-0.2, 0) is 11.3 Å². The van der Waals surface area contributed by atoms with Crippen molar-refractivity contribution in [2.45, 2.75) is 37.5 Å². The van der Waals surface area contributed by atoms with Gasteiger partial charge in [0.1, 0.15) is 11.4 Å². The van der Waals surface area contributed by atoms with Crippen LogP contribution in [0.5, 0.6) is 0 Å². The largest absolute Gasteiger partial charge is 0.390 e. The molecular weight excluding hydrogens is 281 g/mol. The van der Waals surface area contributed by atoms with Gasteiger partial charge in [-0.25, -0.2) is 4.39 Å². The highest BCUT2D eigenvalue weighted by Gasteiger charge is 2.46. The second-order valence-corrected chi connectivity index (χ2v) is 6.20. The molecule has 2 aliphatic heterocycles. The molecule has 1 aromatic carbocycles. The average Bonchev–Trinajstić information content (AvgIpc) is 2.87. The highest BCUT2D eigenvalue weighted by atomic mass is 35.5. The van der Waals surface area contributed by atoms with Gasteiger partial charge in [-0.2, -0.15) is 0 Å². The molecule has 0 aromatic heterocycles. The molecule has 3 nitrogen and oxygen atoms in total. The van der Waals surface area contributed by atoms with Gasteiger partial charge < -0.3 is 9.84 Å². The highest BCUT2D eigenvalue weighted by Crippen LogP contribution is 2.35. The van der Waals surface area contributed by atoms with E-state index >= 15 is 0 Å². The van der Waals surface area contributed by atoms with Crippen molar-refractivity contribution in [3.8, 4) is 0 Å². The van der Waals surface area contributed by atoms with E-state index in [-0.39, 0.29) is 5.82 Å². The van der Waals surface area contributed by atoms with Crippen molar-refractivity contribution in [2.75, 3.05) is 19.7 Å². The number of nitrogens with zero attached hydrogens (tertiary/aromatic N) is 1. The highest BCUT2D eigenvalue weighted by molar-refractivity contribution is 6.30. The summed E-state index contributed by atoms with van der Waals surface area (Å²) in [5.74, 6) is -0.273. The Kier molecular flexibility index (Phi) is 4.00. The lowest BCUT2D eigenvalue weighted by atomic mass is 9.87. The predicted molar refractivity (Wildman–Crippen MR) is 75.2 cm³/mol. The molecule has 0 saturated carbocycles. The first-order chi connectivity index (χ1) is 9.59. The number of hydrogen-bond acceptors (Lipinski definition) is 3. The normalized spacial score (nSPS) is 31.1. The number of piperidine rings is 1. The third kappa shape index (κ3) is 2.70. The van der Waals surface area contributed by atoms with E-state index in [2.05, 4.69) is 4.90 Å². The molecule has 5 heteroatoms. The fraction of sp³-hybridized carbons (Fsp3) is 0.600. The van der Waals surface area contributed by atoms with Crippen molar-refractivity contribution >= 4 is 11.6 Å². The van der Waals surface area contributed by atoms with E-state index in [1.54, 1.807) is 12.1 Å². The van der Waals surface area contributed by atoms with Crippen molar-refractivity contribution in [1.82, 2.24) is 4.90 Å². The maximum Gasteiger partial charge on any atom is 0.129 e. The number of likely N-dealkylation sites (tertiary alicyclic amines) is 1. The average molecular weight is 300 g/mol. The number of rotatable bonds is 2. The minimum atomic E-state index is -0.443. The lowest BCUT2D eigenvalue weighted by Crippen LogP contribution is -2.56. The maximum absolute atomic E-state index is 13.9. The molecule has 0 amide bonds. The standard InChI is InChI=1S/C15H19ClFNO2/c16-12-3-2-11(13(17)8-12)9-18-6-4-14(19)15(10-18)5-1-7-20-15/h2-3,8,14,19H,1,4-7,9-10H2/t14-,15-/m0/s1. The Morgan fingerprint density at radius 2 is 2.35 bits per heavy atom. The quantitative estimate of drug-likeness (QED) is 0.911. The van der Waals surface area contributed by atoms with Gasteiger partial charge in [-0.1, -0.05) is 17.7 Å². The van der Waals surface area contributed by atoms with Gasteiger partial charge in [0.15, 0.2) is 0 Å². The number of benzene rings is 1. The monoisotopic (exact) mass is 299 g/mol. The van der Waals surface area contributed by atoms with Gasteiger partial charge >= 0.3 is 0 Å². The Balaban J connectivity index is 1.72. The first-order valence-electron chi connectivity index (χ1n) is 7.07. The summed E-state index contributed by atoms with van der Waals surface area (Å²) in [7, 11) is 0. The molecule has 110 valence electrons. The van der Waals surface area contributed by atoms with Crippen molar-refractivity contribution < 1.29 is 14.2 Å². The molecule has 1 spiro atoms. The van der Waals surface area contributed by atoms with E-state index in [4.69, 9.17) is 16.3 Å². The number of hydrogen-bond donors (Lipinski definition) is 1. The molecule has 2 heterocycles. The van der Waals surface area contributed by atoms with Crippen LogP contribution in [0.3, 0.4) is 0 Å². The van der Waals surface area contributed by atoms with Gasteiger partial charge in [0.2, 0.25) is 0 Å². The topological polar surface area (TPSA) is 32.7 Å². The van der Waals surface area contributed by atoms with E-state index in [1.165, 1.54) is 6.07 Å². The van der Waals surface area contributed by atoms with Gasteiger partial charge in [0.25, 0.3) is 0 Å². The van der Waals surface area contributed by atoms with E-state index < -0.39 is 11.7 Å². The number of ether oxygens (including phenoxy) is 1. The molecular formula is C15H19ClFNO2. The molecule has 0 radical (unpaired) electrons. The van der Waals surface area contributed by atoms with Gasteiger partial charge in [-0.15, -0.1) is 0 Å². The Morgan fingerprint density at radius 3 is 3.05 bits per heavy atom. The summed E-state index contributed by atoms with van der Waals surface area (Å²) in [5.41, 5.74) is 0.195. The first kappa shape index (κ1) is 14.3. The molecule has 2 fully saturated rings. The van der Waals surface area contributed by atoms with Gasteiger partial charge in [0, 0.05) is 36.8 Å². The van der Waals surface area contributed by atoms with Crippen molar-refractivity contribution in [1.29, 1.82) is 0 Å². The smallest absolute Gasteiger partial charge is 0.129 e. The van der Waals surface area contributed by atoms with Crippen LogP contribution in [0.2, 0.25) is 5.02 Å². The van der Waals surface area contributed by atoms with Crippen LogP contribution in [0, 0.1) is 5.82 Å². The summed E-state index contributed by atoms with van der Waals surface area (Å²) in [6.45, 7) is 2.66. The summed E-state index contributed by atoms with van der Waals surface area (Å²) >= 11 is 5.77. The molecule has 1 aromatic rings. The van der Waals surface area contributed by atoms with Crippen molar-refractivity contribution in [3.63, 3.8) is 0 Å². The Hall–Kier alpha value is -0.680. The minimum Gasteiger partial charge on any atom is -0.390 e. The number of aliphatic hydroxyl groups is 1. The van der Waals surface area contributed by atoms with Gasteiger partial charge in [-0.3, -0.25) is 4.90 Å². The summed E-state index contributed by atoms with van der Waals surface area (Å²) in [5, 5.41) is 10.6. The SMILES string of the molecule is O[C@H]1CCN(Cc2ccc(Cl)cc2F)C[C@@]12CCCO2. The van der Waals surface area contributed by atoms with Gasteiger partial charge in [0.05, 0.1) is 6.10 Å². The molecule has 2 aliphatic rings. The molecule has 2 saturated heterocycles. The zero-order valence-electron chi connectivity index (χ0n) is 11.3. The van der Waals surface area contributed by atoms with E-state index in [1.807, 2.05) is 0 Å². The van der Waals surface area contributed by atoms with Crippen LogP contribution in [0.1, 0.15) is 24.8 Å². The van der Waals surface area contributed by atoms with Crippen LogP contribution >= 0.6 is 11.6 Å². The molecule has 3 rings (SSSR count). The van der Waals surface area contributed by atoms with Gasteiger partial charge in [-0.05, 0) is 31.4 Å². The van der Waals surface area contributed by atoms with Crippen LogP contribution in [-0.4, -0.2) is 41.4 Å². The molecule has 0 aliphatic carbocycles. The zero-order chi connectivity index (χ0) is 14.2. The predicted octanol–water partition coefficient (Wildman–Crippen LogP) is 2.59. The second-order valence-electron chi connectivity index (χ2n) is 5.77. The zero-order valence-corrected chi connectivity index (χ0v) is 12.1. The molecule has 0 bridgehead atoms. The fourth-order valence-electron chi connectivity index (χ4n) is 3.26. The number of aliphatic hydroxyl groups excluding tert-OH is 1. The lowest BCUT2D eigenvalue weighted by molar-refractivity contribution is -0.132. The van der Waals surface area contributed by atoms with Crippen molar-refractivity contribution in [2.24, 2.45) is 0 Å². The van der Waals surface area contributed by atoms with Crippen LogP contribution in [0.25, 0.3) is 0 Å². The Morgan fingerprint density at radius 1 is 1.50 bits per heavy atom. The van der Waals surface area contributed by atoms with E-state index in [0.717, 1.165) is 19.4 Å². The Bertz CT molecular complexity index is 491. The fourth-order valence-corrected chi connectivity index (χ4v) is 3.42. The van der Waals surface area contributed by atoms with Crippen LogP contribution in [0.4, 0.5) is 4.39 Å². The second kappa shape index (κ2) is 5.60. The van der Waals surface area contributed by atoms with E-state index in [9.17, 15) is 9.50 Å². The molecule has 1 N–H and O–H groups in total. The Labute approximate surface area is 123 Å². The summed E-state index contributed by atoms with van der Waals surface area (Å²) in [6, 6.07) is 4.78. The molecule has 0 unspecified atom stereocenters. The summed E-state index contributed by atoms with van der Waals surface area (Å²) in [6.07, 6.45) is 2.14. The third-order valence-corrected chi connectivity index (χ3v) is 4.60. The maximum atomic E-state index is 13.9. The minimum absolute atomic E-state index is 0.273. The van der Waals surface area contributed by atoms with Crippen molar-refractivity contribution in [3.05, 3.63) is 34.6 Å². The molecule has 2 atom stereocenters. The lowest BCUT2D eigenvalue weighted by Gasteiger charge is -2.43. The van der Waals surface area contributed by atoms with Crippen LogP contribution in [0.15, 0.2) is 18.2 Å². The summed E-state index contributed by atoms with van der Waals surface area (Å²) < 4.78 is 19.7. The number of halogens is 2. The molecule has 20 heavy (non-hydrogen) atoms. The third-order valence-electron chi connectivity index (χ3n) is 4.36.